The summed E-state index contributed by atoms with van der Waals surface area (Å²) in [5.74, 6) is -1.80. The molecular weight excluding hydrogens is 452 g/mol. The van der Waals surface area contributed by atoms with Crippen LogP contribution in [0.15, 0.2) is 30.5 Å². The van der Waals surface area contributed by atoms with Crippen LogP contribution in [0.3, 0.4) is 0 Å². The van der Waals surface area contributed by atoms with E-state index in [1.54, 1.807) is 11.1 Å². The van der Waals surface area contributed by atoms with Crippen LogP contribution in [0.4, 0.5) is 23.2 Å². The number of hydrogen-bond donors (Lipinski definition) is 0. The Bertz CT molecular complexity index is 1080. The van der Waals surface area contributed by atoms with E-state index in [0.29, 0.717) is 50.1 Å². The maximum absolute atomic E-state index is 13.6. The Labute approximate surface area is 195 Å². The van der Waals surface area contributed by atoms with Gasteiger partial charge in [-0.2, -0.15) is 13.2 Å². The van der Waals surface area contributed by atoms with Crippen molar-refractivity contribution in [2.45, 2.75) is 38.9 Å². The molecule has 3 heterocycles. The number of unbranched alkanes of at least 4 members (excludes halogenated alkanes) is 2. The second-order valence-corrected chi connectivity index (χ2v) is 8.60. The molecule has 0 N–H and O–H groups in total. The zero-order chi connectivity index (χ0) is 24.5. The number of pyridine rings is 1. The number of rotatable bonds is 6. The number of nitrogens with zero attached hydrogens (tertiary/aromatic N) is 4. The Morgan fingerprint density at radius 3 is 2.50 bits per heavy atom. The molecule has 0 spiro atoms. The number of alkyl halides is 3. The summed E-state index contributed by atoms with van der Waals surface area (Å²) in [7, 11) is 0. The topological polar surface area (TPSA) is 56.8 Å². The van der Waals surface area contributed by atoms with E-state index in [2.05, 4.69) is 11.9 Å². The van der Waals surface area contributed by atoms with Crippen molar-refractivity contribution in [3.63, 3.8) is 0 Å². The fourth-order valence-electron chi connectivity index (χ4n) is 4.42. The predicted octanol–water partition coefficient (Wildman–Crippen LogP) is 4.35. The van der Waals surface area contributed by atoms with Gasteiger partial charge in [0.05, 0.1) is 23.0 Å². The molecule has 182 valence electrons. The van der Waals surface area contributed by atoms with Crippen LogP contribution in [-0.2, 0) is 12.7 Å². The Hall–Kier alpha value is -3.17. The molecule has 34 heavy (non-hydrogen) atoms. The quantitative estimate of drug-likeness (QED) is 0.458. The minimum atomic E-state index is -4.75. The number of carbonyl (C=O) groups excluding carboxylic acids is 2. The molecule has 2 amide bonds. The molecule has 0 saturated carbocycles. The summed E-state index contributed by atoms with van der Waals surface area (Å²) in [6.45, 7) is 4.46. The van der Waals surface area contributed by atoms with Crippen molar-refractivity contribution in [3.8, 4) is 0 Å². The second kappa shape index (κ2) is 9.60. The average Bonchev–Trinajstić information content (AvgIpc) is 3.13. The molecule has 0 unspecified atom stereocenters. The largest absolute Gasteiger partial charge is 0.417 e. The number of piperazine rings is 1. The Morgan fingerprint density at radius 2 is 1.82 bits per heavy atom. The first-order valence-corrected chi connectivity index (χ1v) is 11.4. The molecular formula is C24H26F4N4O2. The average molecular weight is 478 g/mol. The number of halogens is 4. The van der Waals surface area contributed by atoms with Crippen molar-refractivity contribution in [2.24, 2.45) is 0 Å². The van der Waals surface area contributed by atoms with E-state index in [0.717, 1.165) is 30.5 Å². The monoisotopic (exact) mass is 478 g/mol. The lowest BCUT2D eigenvalue weighted by molar-refractivity contribution is -0.138. The van der Waals surface area contributed by atoms with Gasteiger partial charge in [0.2, 0.25) is 0 Å². The number of carbonyl (C=O) groups is 2. The molecule has 2 aliphatic rings. The maximum atomic E-state index is 13.6. The minimum Gasteiger partial charge on any atom is -0.367 e. The molecule has 0 atom stereocenters. The standard InChI is InChI=1S/C24H26F4N4O2/c1-2-3-4-7-32-15-16-12-18(14-29-21(16)23(32)34)30-8-10-31(11-9-30)22(33)19-13-17(25)5-6-20(19)24(26,27)28/h5-6,12-14H,2-4,7-11,15H2,1H3. The third kappa shape index (κ3) is 4.85. The highest BCUT2D eigenvalue weighted by molar-refractivity contribution is 5.97. The molecule has 6 nitrogen and oxygen atoms in total. The Kier molecular flexibility index (Phi) is 6.77. The molecule has 1 fully saturated rings. The number of amides is 2. The number of hydrogen-bond acceptors (Lipinski definition) is 4. The van der Waals surface area contributed by atoms with Crippen LogP contribution in [0.25, 0.3) is 0 Å². The summed E-state index contributed by atoms with van der Waals surface area (Å²) in [5, 5.41) is 0. The van der Waals surface area contributed by atoms with Gasteiger partial charge in [-0.05, 0) is 30.7 Å². The van der Waals surface area contributed by atoms with Crippen LogP contribution in [0.1, 0.15) is 58.2 Å². The number of benzene rings is 1. The van der Waals surface area contributed by atoms with Crippen molar-refractivity contribution in [3.05, 3.63) is 58.7 Å². The van der Waals surface area contributed by atoms with Gasteiger partial charge in [0.25, 0.3) is 11.8 Å². The van der Waals surface area contributed by atoms with Crippen LogP contribution in [0, 0.1) is 5.82 Å². The van der Waals surface area contributed by atoms with Crippen molar-refractivity contribution in [1.29, 1.82) is 0 Å². The summed E-state index contributed by atoms with van der Waals surface area (Å²) in [4.78, 5) is 34.8. The first-order valence-electron chi connectivity index (χ1n) is 11.4. The summed E-state index contributed by atoms with van der Waals surface area (Å²) in [6.07, 6.45) is -0.0541. The summed E-state index contributed by atoms with van der Waals surface area (Å²) < 4.78 is 53.5. The highest BCUT2D eigenvalue weighted by Gasteiger charge is 2.37. The van der Waals surface area contributed by atoms with Crippen molar-refractivity contribution in [2.75, 3.05) is 37.6 Å². The zero-order valence-electron chi connectivity index (χ0n) is 18.9. The molecule has 0 radical (unpaired) electrons. The van der Waals surface area contributed by atoms with Crippen LogP contribution in [-0.4, -0.2) is 59.3 Å². The smallest absolute Gasteiger partial charge is 0.367 e. The van der Waals surface area contributed by atoms with Crippen molar-refractivity contribution >= 4 is 17.5 Å². The van der Waals surface area contributed by atoms with Gasteiger partial charge in [0, 0.05) is 44.8 Å². The predicted molar refractivity (Wildman–Crippen MR) is 118 cm³/mol. The van der Waals surface area contributed by atoms with Gasteiger partial charge in [-0.15, -0.1) is 0 Å². The van der Waals surface area contributed by atoms with Crippen LogP contribution < -0.4 is 4.90 Å². The second-order valence-electron chi connectivity index (χ2n) is 8.60. The molecule has 0 bridgehead atoms. The van der Waals surface area contributed by atoms with Gasteiger partial charge in [0.1, 0.15) is 11.5 Å². The first kappa shape index (κ1) is 24.0. The van der Waals surface area contributed by atoms with Crippen molar-refractivity contribution in [1.82, 2.24) is 14.8 Å². The van der Waals surface area contributed by atoms with Crippen molar-refractivity contribution < 1.29 is 27.2 Å². The van der Waals surface area contributed by atoms with E-state index in [9.17, 15) is 27.2 Å². The number of aromatic nitrogens is 1. The lowest BCUT2D eigenvalue weighted by Gasteiger charge is -2.36. The van der Waals surface area contributed by atoms with Gasteiger partial charge in [-0.3, -0.25) is 9.59 Å². The molecule has 1 aromatic heterocycles. The van der Waals surface area contributed by atoms with Gasteiger partial charge in [0.15, 0.2) is 0 Å². The van der Waals surface area contributed by atoms with Crippen LogP contribution >= 0.6 is 0 Å². The normalized spacial score (nSPS) is 16.3. The molecule has 2 aliphatic heterocycles. The number of anilines is 1. The van der Waals surface area contributed by atoms with Gasteiger partial charge < -0.3 is 14.7 Å². The molecule has 1 aromatic carbocycles. The number of fused-ring (bicyclic) bond motifs is 1. The van der Waals surface area contributed by atoms with Gasteiger partial charge in [-0.25, -0.2) is 9.37 Å². The Balaban J connectivity index is 1.42. The van der Waals surface area contributed by atoms with Crippen LogP contribution in [0.2, 0.25) is 0 Å². The zero-order valence-corrected chi connectivity index (χ0v) is 18.9. The molecule has 2 aromatic rings. The molecule has 4 rings (SSSR count). The van der Waals surface area contributed by atoms with E-state index < -0.39 is 29.0 Å². The summed E-state index contributed by atoms with van der Waals surface area (Å²) in [6, 6.07) is 3.87. The van der Waals surface area contributed by atoms with Gasteiger partial charge >= 0.3 is 6.18 Å². The SMILES string of the molecule is CCCCCN1Cc2cc(N3CCN(C(=O)c4cc(F)ccc4C(F)(F)F)CC3)cnc2C1=O. The fraction of sp³-hybridized carbons (Fsp3) is 0.458. The minimum absolute atomic E-state index is 0.0661. The highest BCUT2D eigenvalue weighted by Crippen LogP contribution is 2.33. The molecule has 1 saturated heterocycles. The lowest BCUT2D eigenvalue weighted by atomic mass is 10.0. The summed E-state index contributed by atoms with van der Waals surface area (Å²) in [5.41, 5.74) is 0.293. The highest BCUT2D eigenvalue weighted by atomic mass is 19.4. The molecule has 10 heteroatoms. The lowest BCUT2D eigenvalue weighted by Crippen LogP contribution is -2.49. The fourth-order valence-corrected chi connectivity index (χ4v) is 4.42. The van der Waals surface area contributed by atoms with E-state index >= 15 is 0 Å². The van der Waals surface area contributed by atoms with E-state index in [4.69, 9.17) is 0 Å². The van der Waals surface area contributed by atoms with E-state index in [-0.39, 0.29) is 19.0 Å². The third-order valence-corrected chi connectivity index (χ3v) is 6.28. The third-order valence-electron chi connectivity index (χ3n) is 6.28. The van der Waals surface area contributed by atoms with E-state index in [1.165, 1.54) is 4.90 Å². The van der Waals surface area contributed by atoms with E-state index in [1.807, 2.05) is 11.0 Å². The molecule has 0 aliphatic carbocycles. The first-order chi connectivity index (χ1) is 16.2. The van der Waals surface area contributed by atoms with Gasteiger partial charge in [-0.1, -0.05) is 19.8 Å². The summed E-state index contributed by atoms with van der Waals surface area (Å²) >= 11 is 0. The maximum Gasteiger partial charge on any atom is 0.417 e. The van der Waals surface area contributed by atoms with Crippen LogP contribution in [0.5, 0.6) is 0 Å². The Morgan fingerprint density at radius 1 is 1.09 bits per heavy atom.